The SMILES string of the molecule is COCCN1CCC(c2ccc(Cl)c(F)c2)C1. The van der Waals surface area contributed by atoms with Gasteiger partial charge in [0, 0.05) is 20.2 Å². The molecule has 0 N–H and O–H groups in total. The van der Waals surface area contributed by atoms with E-state index in [1.54, 1.807) is 19.2 Å². The van der Waals surface area contributed by atoms with E-state index >= 15 is 0 Å². The van der Waals surface area contributed by atoms with Crippen LogP contribution in [-0.4, -0.2) is 38.3 Å². The number of hydrogen-bond donors (Lipinski definition) is 0. The molecule has 0 spiro atoms. The van der Waals surface area contributed by atoms with Crippen LogP contribution in [0.25, 0.3) is 0 Å². The lowest BCUT2D eigenvalue weighted by atomic mass is 9.98. The van der Waals surface area contributed by atoms with E-state index in [-0.39, 0.29) is 10.8 Å². The summed E-state index contributed by atoms with van der Waals surface area (Å²) in [6.07, 6.45) is 1.07. The van der Waals surface area contributed by atoms with Gasteiger partial charge in [0.2, 0.25) is 0 Å². The molecule has 1 atom stereocenters. The molecule has 1 aliphatic heterocycles. The minimum Gasteiger partial charge on any atom is -0.383 e. The van der Waals surface area contributed by atoms with E-state index in [0.29, 0.717) is 5.92 Å². The van der Waals surface area contributed by atoms with Crippen LogP contribution in [0.5, 0.6) is 0 Å². The minimum atomic E-state index is -0.320. The largest absolute Gasteiger partial charge is 0.383 e. The van der Waals surface area contributed by atoms with Crippen LogP contribution in [0.4, 0.5) is 4.39 Å². The lowest BCUT2D eigenvalue weighted by Crippen LogP contribution is -2.24. The molecule has 1 aromatic rings. The Morgan fingerprint density at radius 1 is 1.53 bits per heavy atom. The minimum absolute atomic E-state index is 0.197. The normalized spacial score (nSPS) is 21.0. The van der Waals surface area contributed by atoms with Gasteiger partial charge in [0.25, 0.3) is 0 Å². The second kappa shape index (κ2) is 5.80. The van der Waals surface area contributed by atoms with Crippen LogP contribution in [0, 0.1) is 5.82 Å². The van der Waals surface area contributed by atoms with E-state index in [4.69, 9.17) is 16.3 Å². The first-order valence-corrected chi connectivity index (χ1v) is 6.24. The van der Waals surface area contributed by atoms with Crippen molar-refractivity contribution < 1.29 is 9.13 Å². The third-order valence-electron chi connectivity index (χ3n) is 3.30. The highest BCUT2D eigenvalue weighted by molar-refractivity contribution is 6.30. The standard InChI is InChI=1S/C13H17ClFNO/c1-17-7-6-16-5-4-11(9-16)10-2-3-12(14)13(15)8-10/h2-3,8,11H,4-7,9H2,1H3. The average Bonchev–Trinajstić information content (AvgIpc) is 2.79. The summed E-state index contributed by atoms with van der Waals surface area (Å²) in [5.41, 5.74) is 1.05. The van der Waals surface area contributed by atoms with Crippen molar-refractivity contribution in [2.24, 2.45) is 0 Å². The van der Waals surface area contributed by atoms with Gasteiger partial charge in [-0.15, -0.1) is 0 Å². The van der Waals surface area contributed by atoms with Gasteiger partial charge in [-0.3, -0.25) is 0 Å². The van der Waals surface area contributed by atoms with Gasteiger partial charge >= 0.3 is 0 Å². The van der Waals surface area contributed by atoms with Crippen molar-refractivity contribution in [3.8, 4) is 0 Å². The Labute approximate surface area is 106 Å². The molecule has 1 unspecified atom stereocenters. The fourth-order valence-electron chi connectivity index (χ4n) is 2.29. The zero-order chi connectivity index (χ0) is 12.3. The van der Waals surface area contributed by atoms with Gasteiger partial charge in [-0.1, -0.05) is 17.7 Å². The van der Waals surface area contributed by atoms with Gasteiger partial charge < -0.3 is 9.64 Å². The molecule has 1 saturated heterocycles. The number of halogens is 2. The number of methoxy groups -OCH3 is 1. The van der Waals surface area contributed by atoms with Crippen LogP contribution in [0.3, 0.4) is 0 Å². The molecule has 1 heterocycles. The molecule has 0 radical (unpaired) electrons. The second-order valence-corrected chi connectivity index (χ2v) is 4.86. The number of nitrogens with zero attached hydrogens (tertiary/aromatic N) is 1. The Kier molecular flexibility index (Phi) is 4.37. The summed E-state index contributed by atoms with van der Waals surface area (Å²) >= 11 is 5.68. The molecule has 0 bridgehead atoms. The molecule has 4 heteroatoms. The summed E-state index contributed by atoms with van der Waals surface area (Å²) in [7, 11) is 1.71. The molecule has 0 aromatic heterocycles. The zero-order valence-electron chi connectivity index (χ0n) is 9.96. The van der Waals surface area contributed by atoms with Gasteiger partial charge in [-0.2, -0.15) is 0 Å². The summed E-state index contributed by atoms with van der Waals surface area (Å²) in [5.74, 6) is 0.0955. The van der Waals surface area contributed by atoms with Crippen molar-refractivity contribution in [3.05, 3.63) is 34.6 Å². The number of ether oxygens (including phenoxy) is 1. The molecular formula is C13H17ClFNO. The Bertz CT molecular complexity index is 386. The molecule has 17 heavy (non-hydrogen) atoms. The lowest BCUT2D eigenvalue weighted by Gasteiger charge is -2.15. The predicted octanol–water partition coefficient (Wildman–Crippen LogP) is 2.91. The first kappa shape index (κ1) is 12.8. The maximum Gasteiger partial charge on any atom is 0.142 e. The van der Waals surface area contributed by atoms with Gasteiger partial charge in [0.05, 0.1) is 11.6 Å². The van der Waals surface area contributed by atoms with Crippen molar-refractivity contribution in [1.29, 1.82) is 0 Å². The Hall–Kier alpha value is -0.640. The van der Waals surface area contributed by atoms with Crippen LogP contribution in [0.15, 0.2) is 18.2 Å². The highest BCUT2D eigenvalue weighted by Gasteiger charge is 2.23. The summed E-state index contributed by atoms with van der Waals surface area (Å²) in [6.45, 7) is 3.73. The van der Waals surface area contributed by atoms with E-state index in [1.807, 2.05) is 6.07 Å². The van der Waals surface area contributed by atoms with E-state index in [1.165, 1.54) is 0 Å². The molecule has 0 saturated carbocycles. The topological polar surface area (TPSA) is 12.5 Å². The molecule has 94 valence electrons. The third kappa shape index (κ3) is 3.18. The zero-order valence-corrected chi connectivity index (χ0v) is 10.7. The van der Waals surface area contributed by atoms with E-state index in [9.17, 15) is 4.39 Å². The molecule has 2 nitrogen and oxygen atoms in total. The molecule has 0 aliphatic carbocycles. The van der Waals surface area contributed by atoms with Gasteiger partial charge in [-0.25, -0.2) is 4.39 Å². The quantitative estimate of drug-likeness (QED) is 0.822. The predicted molar refractivity (Wildman–Crippen MR) is 67.1 cm³/mol. The highest BCUT2D eigenvalue weighted by Crippen LogP contribution is 2.29. The molecular weight excluding hydrogens is 241 g/mol. The maximum atomic E-state index is 13.4. The van der Waals surface area contributed by atoms with Crippen LogP contribution in [-0.2, 0) is 4.74 Å². The smallest absolute Gasteiger partial charge is 0.142 e. The fourth-order valence-corrected chi connectivity index (χ4v) is 2.41. The Balaban J connectivity index is 1.97. The van der Waals surface area contributed by atoms with E-state index in [2.05, 4.69) is 4.90 Å². The van der Waals surface area contributed by atoms with E-state index < -0.39 is 0 Å². The van der Waals surface area contributed by atoms with Crippen molar-refractivity contribution in [1.82, 2.24) is 4.90 Å². The van der Waals surface area contributed by atoms with E-state index in [0.717, 1.165) is 38.2 Å². The highest BCUT2D eigenvalue weighted by atomic mass is 35.5. The van der Waals surface area contributed by atoms with Crippen LogP contribution in [0.1, 0.15) is 17.9 Å². The summed E-state index contributed by atoms with van der Waals surface area (Å²) < 4.78 is 18.4. The van der Waals surface area contributed by atoms with Gasteiger partial charge in [0.1, 0.15) is 5.82 Å². The Morgan fingerprint density at radius 2 is 2.35 bits per heavy atom. The van der Waals surface area contributed by atoms with Crippen molar-refractivity contribution in [2.45, 2.75) is 12.3 Å². The number of benzene rings is 1. The monoisotopic (exact) mass is 257 g/mol. The van der Waals surface area contributed by atoms with Crippen LogP contribution >= 0.6 is 11.6 Å². The molecule has 2 rings (SSSR count). The number of likely N-dealkylation sites (tertiary alicyclic amines) is 1. The molecule has 1 fully saturated rings. The van der Waals surface area contributed by atoms with Gasteiger partial charge in [0.15, 0.2) is 0 Å². The second-order valence-electron chi connectivity index (χ2n) is 4.45. The maximum absolute atomic E-state index is 13.4. The first-order chi connectivity index (χ1) is 8.20. The lowest BCUT2D eigenvalue weighted by molar-refractivity contribution is 0.160. The fraction of sp³-hybridized carbons (Fsp3) is 0.538. The summed E-state index contributed by atoms with van der Waals surface area (Å²) in [5, 5.41) is 0.197. The van der Waals surface area contributed by atoms with Crippen molar-refractivity contribution in [3.63, 3.8) is 0 Å². The number of hydrogen-bond acceptors (Lipinski definition) is 2. The first-order valence-electron chi connectivity index (χ1n) is 5.87. The molecule has 1 aliphatic rings. The van der Waals surface area contributed by atoms with Crippen molar-refractivity contribution in [2.75, 3.05) is 33.4 Å². The third-order valence-corrected chi connectivity index (χ3v) is 3.61. The number of rotatable bonds is 4. The van der Waals surface area contributed by atoms with Crippen LogP contribution < -0.4 is 0 Å². The van der Waals surface area contributed by atoms with Gasteiger partial charge in [-0.05, 0) is 36.6 Å². The van der Waals surface area contributed by atoms with Crippen molar-refractivity contribution >= 4 is 11.6 Å². The average molecular weight is 258 g/mol. The molecule has 1 aromatic carbocycles. The summed E-state index contributed by atoms with van der Waals surface area (Å²) in [4.78, 5) is 2.35. The summed E-state index contributed by atoms with van der Waals surface area (Å²) in [6, 6.07) is 5.13. The Morgan fingerprint density at radius 3 is 3.06 bits per heavy atom. The molecule has 0 amide bonds. The van der Waals surface area contributed by atoms with Crippen LogP contribution in [0.2, 0.25) is 5.02 Å².